The minimum absolute atomic E-state index is 0.0802. The number of hydrogen-bond acceptors (Lipinski definition) is 2. The van der Waals surface area contributed by atoms with Crippen molar-refractivity contribution in [1.82, 2.24) is 0 Å². The quantitative estimate of drug-likeness (QED) is 0.762. The molecule has 2 nitrogen and oxygen atoms in total. The monoisotopic (exact) mass is 302 g/mol. The van der Waals surface area contributed by atoms with E-state index in [4.69, 9.17) is 17.3 Å². The minimum atomic E-state index is 0.0802. The van der Waals surface area contributed by atoms with Gasteiger partial charge < -0.3 is 11.1 Å². The van der Waals surface area contributed by atoms with E-state index in [0.717, 1.165) is 34.9 Å². The maximum absolute atomic E-state index is 6.14. The Morgan fingerprint density at radius 1 is 1.14 bits per heavy atom. The van der Waals surface area contributed by atoms with E-state index in [1.807, 2.05) is 31.2 Å². The van der Waals surface area contributed by atoms with Crippen LogP contribution in [0.15, 0.2) is 42.5 Å². The fourth-order valence-electron chi connectivity index (χ4n) is 2.33. The average Bonchev–Trinajstić information content (AvgIpc) is 2.43. The molecule has 21 heavy (non-hydrogen) atoms. The Hall–Kier alpha value is -1.67. The second kappa shape index (κ2) is 6.40. The maximum atomic E-state index is 6.14. The highest BCUT2D eigenvalue weighted by atomic mass is 35.5. The predicted octanol–water partition coefficient (Wildman–Crippen LogP) is 5.01. The highest BCUT2D eigenvalue weighted by Crippen LogP contribution is 2.28. The lowest BCUT2D eigenvalue weighted by Crippen LogP contribution is -2.21. The highest BCUT2D eigenvalue weighted by Gasteiger charge is 2.20. The molecule has 0 amide bonds. The number of nitrogens with one attached hydrogen (secondary N) is 1. The normalized spacial score (nSPS) is 11.4. The topological polar surface area (TPSA) is 38.0 Å². The van der Waals surface area contributed by atoms with Gasteiger partial charge in [0.15, 0.2) is 0 Å². The Balaban J connectivity index is 1.97. The number of rotatable bonds is 5. The lowest BCUT2D eigenvalue weighted by Gasteiger charge is -2.26. The summed E-state index contributed by atoms with van der Waals surface area (Å²) in [5.74, 6) is 0. The Morgan fingerprint density at radius 2 is 1.90 bits per heavy atom. The summed E-state index contributed by atoms with van der Waals surface area (Å²) in [7, 11) is 0. The fourth-order valence-corrected chi connectivity index (χ4v) is 2.51. The zero-order chi connectivity index (χ0) is 15.5. The van der Waals surface area contributed by atoms with Gasteiger partial charge in [-0.2, -0.15) is 0 Å². The molecule has 2 aromatic carbocycles. The van der Waals surface area contributed by atoms with Crippen molar-refractivity contribution in [3.8, 4) is 0 Å². The summed E-state index contributed by atoms with van der Waals surface area (Å²) in [5.41, 5.74) is 10.2. The smallest absolute Gasteiger partial charge is 0.0455 e. The average molecular weight is 303 g/mol. The molecule has 0 unspecified atom stereocenters. The second-order valence-electron chi connectivity index (χ2n) is 6.15. The molecule has 2 rings (SSSR count). The number of anilines is 2. The summed E-state index contributed by atoms with van der Waals surface area (Å²) in [6.45, 7) is 7.38. The largest absolute Gasteiger partial charge is 0.399 e. The summed E-state index contributed by atoms with van der Waals surface area (Å²) in [6.07, 6.45) is 1.02. The van der Waals surface area contributed by atoms with Gasteiger partial charge in [-0.25, -0.2) is 0 Å². The zero-order valence-corrected chi connectivity index (χ0v) is 13.7. The fraction of sp³-hybridized carbons (Fsp3) is 0.333. The molecule has 0 atom stereocenters. The van der Waals surface area contributed by atoms with Crippen LogP contribution in [-0.2, 0) is 5.41 Å². The number of aryl methyl sites for hydroxylation is 1. The molecule has 0 radical (unpaired) electrons. The SMILES string of the molecule is Cc1ccc(NCCC(C)(C)c2cccc(N)c2)cc1Cl. The van der Waals surface area contributed by atoms with Crippen molar-refractivity contribution >= 4 is 23.0 Å². The first-order valence-electron chi connectivity index (χ1n) is 7.24. The van der Waals surface area contributed by atoms with Crippen molar-refractivity contribution in [3.05, 3.63) is 58.6 Å². The Bertz CT molecular complexity index is 620. The molecule has 0 saturated carbocycles. The summed E-state index contributed by atoms with van der Waals surface area (Å²) >= 11 is 6.14. The molecule has 0 bridgehead atoms. The molecule has 0 aliphatic rings. The number of hydrogen-bond donors (Lipinski definition) is 2. The highest BCUT2D eigenvalue weighted by molar-refractivity contribution is 6.31. The van der Waals surface area contributed by atoms with Crippen LogP contribution in [0.4, 0.5) is 11.4 Å². The third-order valence-corrected chi connectivity index (χ3v) is 4.33. The second-order valence-corrected chi connectivity index (χ2v) is 6.56. The van der Waals surface area contributed by atoms with Crippen LogP contribution >= 0.6 is 11.6 Å². The van der Waals surface area contributed by atoms with Gasteiger partial charge in [0.1, 0.15) is 0 Å². The number of nitrogen functional groups attached to an aromatic ring is 1. The van der Waals surface area contributed by atoms with Crippen LogP contribution in [-0.4, -0.2) is 6.54 Å². The van der Waals surface area contributed by atoms with Crippen LogP contribution in [0.5, 0.6) is 0 Å². The minimum Gasteiger partial charge on any atom is -0.399 e. The van der Waals surface area contributed by atoms with Crippen molar-refractivity contribution in [2.45, 2.75) is 32.6 Å². The van der Waals surface area contributed by atoms with Crippen molar-refractivity contribution in [3.63, 3.8) is 0 Å². The zero-order valence-electron chi connectivity index (χ0n) is 12.9. The molecule has 0 heterocycles. The third-order valence-electron chi connectivity index (χ3n) is 3.92. The van der Waals surface area contributed by atoms with Crippen molar-refractivity contribution < 1.29 is 0 Å². The molecule has 3 heteroatoms. The van der Waals surface area contributed by atoms with Gasteiger partial charge in [-0.05, 0) is 54.2 Å². The first-order chi connectivity index (χ1) is 9.88. The number of nitrogens with two attached hydrogens (primary N) is 1. The Labute approximate surface area is 132 Å². The van der Waals surface area contributed by atoms with E-state index < -0.39 is 0 Å². The van der Waals surface area contributed by atoms with Gasteiger partial charge in [-0.1, -0.05) is 43.6 Å². The first kappa shape index (κ1) is 15.7. The van der Waals surface area contributed by atoms with E-state index >= 15 is 0 Å². The number of benzene rings is 2. The van der Waals surface area contributed by atoms with Gasteiger partial charge >= 0.3 is 0 Å². The van der Waals surface area contributed by atoms with Crippen LogP contribution in [0.25, 0.3) is 0 Å². The van der Waals surface area contributed by atoms with E-state index in [0.29, 0.717) is 0 Å². The molecular weight excluding hydrogens is 280 g/mol. The summed E-state index contributed by atoms with van der Waals surface area (Å²) in [4.78, 5) is 0. The van der Waals surface area contributed by atoms with E-state index in [1.54, 1.807) is 0 Å². The molecule has 0 aliphatic carbocycles. The van der Waals surface area contributed by atoms with Crippen LogP contribution < -0.4 is 11.1 Å². The molecule has 0 spiro atoms. The Kier molecular flexibility index (Phi) is 4.79. The van der Waals surface area contributed by atoms with Crippen molar-refractivity contribution in [2.75, 3.05) is 17.6 Å². The predicted molar refractivity (Wildman–Crippen MR) is 93.2 cm³/mol. The molecule has 0 saturated heterocycles. The third kappa shape index (κ3) is 4.15. The van der Waals surface area contributed by atoms with Crippen LogP contribution in [0.3, 0.4) is 0 Å². The van der Waals surface area contributed by atoms with Gasteiger partial charge in [0, 0.05) is 22.9 Å². The van der Waals surface area contributed by atoms with E-state index in [1.165, 1.54) is 5.56 Å². The molecular formula is C18H23ClN2. The van der Waals surface area contributed by atoms with Crippen molar-refractivity contribution in [1.29, 1.82) is 0 Å². The number of halogens is 1. The lowest BCUT2D eigenvalue weighted by molar-refractivity contribution is 0.495. The molecule has 3 N–H and O–H groups in total. The molecule has 112 valence electrons. The van der Waals surface area contributed by atoms with E-state index in [9.17, 15) is 0 Å². The van der Waals surface area contributed by atoms with Crippen molar-refractivity contribution in [2.24, 2.45) is 0 Å². The maximum Gasteiger partial charge on any atom is 0.0455 e. The lowest BCUT2D eigenvalue weighted by atomic mass is 9.81. The molecule has 0 aromatic heterocycles. The first-order valence-corrected chi connectivity index (χ1v) is 7.62. The summed E-state index contributed by atoms with van der Waals surface area (Å²) in [5, 5.41) is 4.24. The van der Waals surface area contributed by atoms with Gasteiger partial charge in [0.2, 0.25) is 0 Å². The summed E-state index contributed by atoms with van der Waals surface area (Å²) < 4.78 is 0. The van der Waals surface area contributed by atoms with Gasteiger partial charge in [-0.15, -0.1) is 0 Å². The van der Waals surface area contributed by atoms with Gasteiger partial charge in [-0.3, -0.25) is 0 Å². The molecule has 2 aromatic rings. The van der Waals surface area contributed by atoms with E-state index in [-0.39, 0.29) is 5.41 Å². The Morgan fingerprint density at radius 3 is 2.57 bits per heavy atom. The van der Waals surface area contributed by atoms with Crippen LogP contribution in [0, 0.1) is 6.92 Å². The summed E-state index contributed by atoms with van der Waals surface area (Å²) in [6, 6.07) is 14.2. The standard InChI is InChI=1S/C18H23ClN2/c1-13-7-8-16(12-17(13)19)21-10-9-18(2,3)14-5-4-6-15(20)11-14/h4-8,11-12,21H,9-10,20H2,1-3H3. The van der Waals surface area contributed by atoms with Gasteiger partial charge in [0.25, 0.3) is 0 Å². The van der Waals surface area contributed by atoms with E-state index in [2.05, 4.69) is 37.4 Å². The van der Waals surface area contributed by atoms with Gasteiger partial charge in [0.05, 0.1) is 0 Å². The van der Waals surface area contributed by atoms with Crippen LogP contribution in [0.1, 0.15) is 31.4 Å². The van der Waals surface area contributed by atoms with Crippen LogP contribution in [0.2, 0.25) is 5.02 Å². The molecule has 0 fully saturated rings. The molecule has 0 aliphatic heterocycles.